The Morgan fingerprint density at radius 1 is 1.27 bits per heavy atom. The molecule has 1 amide bonds. The maximum Gasteiger partial charge on any atom is 0.234 e. The minimum atomic E-state index is -0.0906. The summed E-state index contributed by atoms with van der Waals surface area (Å²) in [6.07, 6.45) is 2.62. The number of hydrogen-bond acceptors (Lipinski definition) is 6. The van der Waals surface area contributed by atoms with Crippen molar-refractivity contribution in [2.45, 2.75) is 32.0 Å². The summed E-state index contributed by atoms with van der Waals surface area (Å²) >= 11 is 1.33. The van der Waals surface area contributed by atoms with E-state index in [1.807, 2.05) is 54.0 Å². The quantitative estimate of drug-likeness (QED) is 0.262. The number of nitrogens with one attached hydrogen (secondary N) is 1. The molecule has 4 aromatic rings. The highest BCUT2D eigenvalue weighted by atomic mass is 32.2. The number of rotatable bonds is 9. The summed E-state index contributed by atoms with van der Waals surface area (Å²) in [6, 6.07) is 13.7. The van der Waals surface area contributed by atoms with E-state index >= 15 is 0 Å². The number of fused-ring (bicyclic) bond motifs is 1. The van der Waals surface area contributed by atoms with E-state index in [1.165, 1.54) is 11.8 Å². The van der Waals surface area contributed by atoms with Crippen LogP contribution in [-0.2, 0) is 17.8 Å². The highest BCUT2D eigenvalue weighted by Crippen LogP contribution is 2.34. The van der Waals surface area contributed by atoms with Gasteiger partial charge in [0, 0.05) is 17.6 Å². The van der Waals surface area contributed by atoms with Gasteiger partial charge in [0.15, 0.2) is 22.2 Å². The predicted molar refractivity (Wildman–Crippen MR) is 132 cm³/mol. The van der Waals surface area contributed by atoms with Crippen LogP contribution in [0.4, 0.5) is 5.69 Å². The molecule has 0 unspecified atom stereocenters. The van der Waals surface area contributed by atoms with Crippen LogP contribution >= 0.6 is 11.8 Å². The van der Waals surface area contributed by atoms with Crippen molar-refractivity contribution in [1.29, 1.82) is 0 Å². The molecule has 4 rings (SSSR count). The minimum Gasteiger partial charge on any atom is -0.493 e. The standard InChI is InChI=1S/C25H26N4O3S/c1-5-13-29-24(20-14-18-11-8-12-19(31-4)23(18)32-20)27-28-25(29)33-15-21(30)26-22-16(3)9-7-10-17(22)6-2/h5,7-12,14H,1,6,13,15H2,2-4H3,(H,26,30). The van der Waals surface area contributed by atoms with Gasteiger partial charge in [-0.15, -0.1) is 16.8 Å². The fraction of sp³-hybridized carbons (Fsp3) is 0.240. The zero-order chi connectivity index (χ0) is 23.4. The van der Waals surface area contributed by atoms with Crippen molar-refractivity contribution in [2.75, 3.05) is 18.2 Å². The van der Waals surface area contributed by atoms with Crippen LogP contribution < -0.4 is 10.1 Å². The second-order valence-electron chi connectivity index (χ2n) is 7.49. The molecule has 0 atom stereocenters. The summed E-state index contributed by atoms with van der Waals surface area (Å²) in [7, 11) is 1.61. The Labute approximate surface area is 196 Å². The summed E-state index contributed by atoms with van der Waals surface area (Å²) in [4.78, 5) is 12.7. The van der Waals surface area contributed by atoms with Crippen LogP contribution in [0.3, 0.4) is 0 Å². The average Bonchev–Trinajstić information content (AvgIpc) is 3.43. The number of benzene rings is 2. The number of carbonyl (C=O) groups is 1. The first-order valence-electron chi connectivity index (χ1n) is 10.7. The van der Waals surface area contributed by atoms with Crippen LogP contribution in [0, 0.1) is 6.92 Å². The number of aromatic nitrogens is 3. The number of amides is 1. The van der Waals surface area contributed by atoms with Gasteiger partial charge in [0.1, 0.15) is 0 Å². The van der Waals surface area contributed by atoms with Gasteiger partial charge in [-0.25, -0.2) is 0 Å². The normalized spacial score (nSPS) is 11.0. The third-order valence-electron chi connectivity index (χ3n) is 5.31. The molecule has 170 valence electrons. The number of aryl methyl sites for hydroxylation is 2. The van der Waals surface area contributed by atoms with Gasteiger partial charge in [0.2, 0.25) is 11.7 Å². The van der Waals surface area contributed by atoms with Crippen LogP contribution in [0.5, 0.6) is 5.75 Å². The van der Waals surface area contributed by atoms with Crippen LogP contribution in [0.15, 0.2) is 64.7 Å². The lowest BCUT2D eigenvalue weighted by Gasteiger charge is -2.13. The summed E-state index contributed by atoms with van der Waals surface area (Å²) < 4.78 is 13.3. The van der Waals surface area contributed by atoms with Gasteiger partial charge < -0.3 is 14.5 Å². The van der Waals surface area contributed by atoms with Gasteiger partial charge in [-0.2, -0.15) is 0 Å². The number of anilines is 1. The van der Waals surface area contributed by atoms with E-state index in [4.69, 9.17) is 9.15 Å². The smallest absolute Gasteiger partial charge is 0.234 e. The minimum absolute atomic E-state index is 0.0906. The fourth-order valence-electron chi connectivity index (χ4n) is 3.69. The van der Waals surface area contributed by atoms with E-state index in [9.17, 15) is 4.79 Å². The molecule has 0 radical (unpaired) electrons. The first-order chi connectivity index (χ1) is 16.0. The van der Waals surface area contributed by atoms with Gasteiger partial charge in [-0.1, -0.05) is 55.1 Å². The van der Waals surface area contributed by atoms with E-state index in [0.717, 1.165) is 28.6 Å². The van der Waals surface area contributed by atoms with Gasteiger partial charge >= 0.3 is 0 Å². The van der Waals surface area contributed by atoms with Crippen molar-refractivity contribution in [3.63, 3.8) is 0 Å². The SMILES string of the molecule is C=CCn1c(SCC(=O)Nc2c(C)cccc2CC)nnc1-c1cc2cccc(OC)c2o1. The number of thioether (sulfide) groups is 1. The van der Waals surface area contributed by atoms with Crippen molar-refractivity contribution < 1.29 is 13.9 Å². The summed E-state index contributed by atoms with van der Waals surface area (Å²) in [5.41, 5.74) is 3.70. The van der Waals surface area contributed by atoms with Crippen LogP contribution in [0.2, 0.25) is 0 Å². The van der Waals surface area contributed by atoms with Gasteiger partial charge in [0.25, 0.3) is 0 Å². The molecule has 0 aliphatic heterocycles. The van der Waals surface area contributed by atoms with Crippen LogP contribution in [-0.4, -0.2) is 33.5 Å². The number of ether oxygens (including phenoxy) is 1. The second-order valence-corrected chi connectivity index (χ2v) is 8.44. The molecule has 2 heterocycles. The number of furan rings is 1. The molecule has 8 heteroatoms. The average molecular weight is 463 g/mol. The molecule has 0 bridgehead atoms. The van der Waals surface area contributed by atoms with Gasteiger partial charge in [-0.3, -0.25) is 9.36 Å². The van der Waals surface area contributed by atoms with Gasteiger partial charge in [0.05, 0.1) is 12.9 Å². The number of hydrogen-bond donors (Lipinski definition) is 1. The topological polar surface area (TPSA) is 82.2 Å². The largest absolute Gasteiger partial charge is 0.493 e. The maximum absolute atomic E-state index is 12.7. The summed E-state index contributed by atoms with van der Waals surface area (Å²) in [5, 5.41) is 13.2. The number of nitrogens with zero attached hydrogens (tertiary/aromatic N) is 3. The Hall–Kier alpha value is -3.52. The molecule has 0 spiro atoms. The number of carbonyl (C=O) groups excluding carboxylic acids is 1. The molecule has 33 heavy (non-hydrogen) atoms. The van der Waals surface area contributed by atoms with E-state index in [0.29, 0.717) is 34.6 Å². The number of para-hydroxylation sites is 2. The molecule has 0 aliphatic rings. The van der Waals surface area contributed by atoms with Gasteiger partial charge in [-0.05, 0) is 36.6 Å². The fourth-order valence-corrected chi connectivity index (χ4v) is 4.43. The molecule has 1 N–H and O–H groups in total. The molecule has 0 saturated carbocycles. The third-order valence-corrected chi connectivity index (χ3v) is 6.28. The lowest BCUT2D eigenvalue weighted by atomic mass is 10.1. The summed E-state index contributed by atoms with van der Waals surface area (Å²) in [5.74, 6) is 1.92. The number of methoxy groups -OCH3 is 1. The Bertz CT molecular complexity index is 1310. The Morgan fingerprint density at radius 2 is 2.09 bits per heavy atom. The van der Waals surface area contributed by atoms with E-state index in [1.54, 1.807) is 13.2 Å². The highest BCUT2D eigenvalue weighted by molar-refractivity contribution is 7.99. The first-order valence-corrected chi connectivity index (χ1v) is 11.7. The van der Waals surface area contributed by atoms with Crippen molar-refractivity contribution in [3.8, 4) is 17.3 Å². The summed E-state index contributed by atoms with van der Waals surface area (Å²) in [6.45, 7) is 8.40. The molecule has 0 fully saturated rings. The van der Waals surface area contributed by atoms with E-state index < -0.39 is 0 Å². The lowest BCUT2D eigenvalue weighted by molar-refractivity contribution is -0.113. The first kappa shape index (κ1) is 22.7. The predicted octanol–water partition coefficient (Wildman–Crippen LogP) is 5.49. The second kappa shape index (κ2) is 9.95. The van der Waals surface area contributed by atoms with Crippen molar-refractivity contribution in [1.82, 2.24) is 14.8 Å². The van der Waals surface area contributed by atoms with Crippen molar-refractivity contribution in [2.24, 2.45) is 0 Å². The molecule has 2 aromatic heterocycles. The zero-order valence-corrected chi connectivity index (χ0v) is 19.7. The van der Waals surface area contributed by atoms with Crippen molar-refractivity contribution in [3.05, 3.63) is 66.2 Å². The lowest BCUT2D eigenvalue weighted by Crippen LogP contribution is -2.16. The van der Waals surface area contributed by atoms with E-state index in [2.05, 4.69) is 29.0 Å². The van der Waals surface area contributed by atoms with Crippen LogP contribution in [0.25, 0.3) is 22.6 Å². The third kappa shape index (κ3) is 4.66. The Morgan fingerprint density at radius 3 is 2.85 bits per heavy atom. The molecule has 0 saturated heterocycles. The zero-order valence-electron chi connectivity index (χ0n) is 18.9. The Kier molecular flexibility index (Phi) is 6.84. The Balaban J connectivity index is 1.55. The molecular weight excluding hydrogens is 436 g/mol. The highest BCUT2D eigenvalue weighted by Gasteiger charge is 2.19. The maximum atomic E-state index is 12.7. The van der Waals surface area contributed by atoms with E-state index in [-0.39, 0.29) is 11.7 Å². The molecule has 7 nitrogen and oxygen atoms in total. The number of allylic oxidation sites excluding steroid dienone is 1. The molecule has 0 aliphatic carbocycles. The van der Waals surface area contributed by atoms with Crippen LogP contribution in [0.1, 0.15) is 18.1 Å². The molecule has 2 aromatic carbocycles. The monoisotopic (exact) mass is 462 g/mol. The molecular formula is C25H26N4O3S. The van der Waals surface area contributed by atoms with Crippen molar-refractivity contribution >= 4 is 34.3 Å².